The number of anilines is 1. The lowest BCUT2D eigenvalue weighted by molar-refractivity contribution is -0.120. The first-order valence-corrected chi connectivity index (χ1v) is 8.68. The van der Waals surface area contributed by atoms with Gasteiger partial charge in [0, 0.05) is 23.8 Å². The average molecular weight is 353 g/mol. The first-order chi connectivity index (χ1) is 11.2. The van der Waals surface area contributed by atoms with Crippen LogP contribution in [-0.4, -0.2) is 35.6 Å². The van der Waals surface area contributed by atoms with Gasteiger partial charge in [-0.25, -0.2) is 4.79 Å². The van der Waals surface area contributed by atoms with Gasteiger partial charge in [0.25, 0.3) is 0 Å². The molecular formula is C18H25ClN2O3. The van der Waals surface area contributed by atoms with Crippen molar-refractivity contribution < 1.29 is 14.3 Å². The van der Waals surface area contributed by atoms with E-state index in [1.165, 1.54) is 0 Å². The normalized spacial score (nSPS) is 21.9. The minimum Gasteiger partial charge on any atom is -0.444 e. The molecule has 132 valence electrons. The Morgan fingerprint density at radius 1 is 1.33 bits per heavy atom. The number of hydrogen-bond acceptors (Lipinski definition) is 3. The molecule has 2 aliphatic heterocycles. The summed E-state index contributed by atoms with van der Waals surface area (Å²) >= 11 is 6.07. The van der Waals surface area contributed by atoms with Gasteiger partial charge in [0.2, 0.25) is 5.91 Å². The number of likely N-dealkylation sites (tertiary alicyclic amines) is 1. The fourth-order valence-corrected chi connectivity index (χ4v) is 3.26. The van der Waals surface area contributed by atoms with Crippen LogP contribution in [0, 0.1) is 0 Å². The van der Waals surface area contributed by atoms with Gasteiger partial charge in [-0.3, -0.25) is 4.79 Å². The molecule has 24 heavy (non-hydrogen) atoms. The van der Waals surface area contributed by atoms with Gasteiger partial charge in [0.1, 0.15) is 5.60 Å². The molecule has 1 unspecified atom stereocenters. The van der Waals surface area contributed by atoms with E-state index in [1.807, 2.05) is 40.7 Å². The molecule has 0 bridgehead atoms. The first kappa shape index (κ1) is 18.6. The summed E-state index contributed by atoms with van der Waals surface area (Å²) in [6, 6.07) is 5.37. The smallest absolute Gasteiger partial charge is 0.410 e. The van der Waals surface area contributed by atoms with Crippen LogP contribution in [0.2, 0.25) is 5.02 Å². The second-order valence-electron chi connectivity index (χ2n) is 6.88. The Kier molecular flexibility index (Phi) is 5.14. The molecule has 6 heteroatoms. The van der Waals surface area contributed by atoms with Crippen LogP contribution in [0.15, 0.2) is 18.2 Å². The Balaban J connectivity index is 0.00000100. The standard InChI is InChI=1S/C16H19ClN2O3.C2H6/c1-15(2,3)22-14(21)19-7-6-16(9-19)11-8-10(17)4-5-12(11)18-13(16)20;1-2/h4-5,8H,6-7,9H2,1-3H3,(H,18,20);1-2H3. The summed E-state index contributed by atoms with van der Waals surface area (Å²) in [7, 11) is 0. The number of halogens is 1. The Labute approximate surface area is 148 Å². The SMILES string of the molecule is CC.CC(C)(C)OC(=O)N1CCC2(C1)C(=O)Nc1ccc(Cl)cc12. The molecule has 0 aromatic heterocycles. The number of benzene rings is 1. The lowest BCUT2D eigenvalue weighted by Gasteiger charge is -2.26. The van der Waals surface area contributed by atoms with Crippen molar-refractivity contribution in [3.05, 3.63) is 28.8 Å². The summed E-state index contributed by atoms with van der Waals surface area (Å²) in [6.45, 7) is 10.3. The number of amides is 2. The number of carbonyl (C=O) groups is 2. The van der Waals surface area contributed by atoms with Gasteiger partial charge in [0.15, 0.2) is 0 Å². The summed E-state index contributed by atoms with van der Waals surface area (Å²) < 4.78 is 5.40. The molecule has 2 heterocycles. The van der Waals surface area contributed by atoms with Gasteiger partial charge in [0.05, 0.1) is 5.41 Å². The fraction of sp³-hybridized carbons (Fsp3) is 0.556. The third-order valence-electron chi connectivity index (χ3n) is 4.10. The van der Waals surface area contributed by atoms with Crippen molar-refractivity contribution in [3.8, 4) is 0 Å². The number of hydrogen-bond donors (Lipinski definition) is 1. The van der Waals surface area contributed by atoms with Gasteiger partial charge in [-0.2, -0.15) is 0 Å². The highest BCUT2D eigenvalue weighted by Crippen LogP contribution is 2.45. The molecule has 1 aromatic rings. The largest absolute Gasteiger partial charge is 0.444 e. The maximum atomic E-state index is 12.5. The fourth-order valence-electron chi connectivity index (χ4n) is 3.08. The van der Waals surface area contributed by atoms with Crippen molar-refractivity contribution in [2.45, 2.75) is 52.1 Å². The minimum atomic E-state index is -0.711. The average Bonchev–Trinajstić information content (AvgIpc) is 3.05. The molecule has 1 fully saturated rings. The molecule has 2 aliphatic rings. The lowest BCUT2D eigenvalue weighted by Crippen LogP contribution is -2.41. The maximum Gasteiger partial charge on any atom is 0.410 e. The van der Waals surface area contributed by atoms with Crippen molar-refractivity contribution in [3.63, 3.8) is 0 Å². The van der Waals surface area contributed by atoms with Crippen LogP contribution >= 0.6 is 11.6 Å². The van der Waals surface area contributed by atoms with Crippen LogP contribution in [0.5, 0.6) is 0 Å². The Morgan fingerprint density at radius 2 is 2.00 bits per heavy atom. The van der Waals surface area contributed by atoms with E-state index < -0.39 is 11.0 Å². The Morgan fingerprint density at radius 3 is 2.62 bits per heavy atom. The number of fused-ring (bicyclic) bond motifs is 2. The topological polar surface area (TPSA) is 58.6 Å². The van der Waals surface area contributed by atoms with Gasteiger partial charge < -0.3 is 15.0 Å². The van der Waals surface area contributed by atoms with E-state index in [1.54, 1.807) is 17.0 Å². The van der Waals surface area contributed by atoms with E-state index in [-0.39, 0.29) is 12.0 Å². The summed E-state index contributed by atoms with van der Waals surface area (Å²) in [6.07, 6.45) is 0.193. The van der Waals surface area contributed by atoms with Gasteiger partial charge in [-0.05, 0) is 51.0 Å². The zero-order valence-corrected chi connectivity index (χ0v) is 15.7. The monoisotopic (exact) mass is 352 g/mol. The van der Waals surface area contributed by atoms with Crippen LogP contribution < -0.4 is 5.32 Å². The van der Waals surface area contributed by atoms with Crippen LogP contribution in [-0.2, 0) is 14.9 Å². The number of nitrogens with zero attached hydrogens (tertiary/aromatic N) is 1. The van der Waals surface area contributed by atoms with Gasteiger partial charge >= 0.3 is 6.09 Å². The Hall–Kier alpha value is -1.75. The second kappa shape index (κ2) is 6.63. The van der Waals surface area contributed by atoms with Crippen molar-refractivity contribution in [2.24, 2.45) is 0 Å². The van der Waals surface area contributed by atoms with E-state index in [2.05, 4.69) is 5.32 Å². The molecule has 1 saturated heterocycles. The quantitative estimate of drug-likeness (QED) is 0.761. The van der Waals surface area contributed by atoms with Crippen molar-refractivity contribution in [2.75, 3.05) is 18.4 Å². The number of rotatable bonds is 0. The molecule has 1 spiro atoms. The molecule has 0 aliphatic carbocycles. The number of carbonyl (C=O) groups excluding carboxylic acids is 2. The number of nitrogens with one attached hydrogen (secondary N) is 1. The van der Waals surface area contributed by atoms with Crippen molar-refractivity contribution in [1.29, 1.82) is 0 Å². The van der Waals surface area contributed by atoms with Crippen LogP contribution in [0.25, 0.3) is 0 Å². The molecular weight excluding hydrogens is 328 g/mol. The van der Waals surface area contributed by atoms with Gasteiger partial charge in [-0.15, -0.1) is 0 Å². The molecule has 3 rings (SSSR count). The third kappa shape index (κ3) is 3.36. The number of ether oxygens (including phenoxy) is 1. The van der Waals surface area contributed by atoms with Crippen molar-refractivity contribution >= 4 is 29.3 Å². The predicted octanol–water partition coefficient (Wildman–Crippen LogP) is 4.20. The van der Waals surface area contributed by atoms with E-state index >= 15 is 0 Å². The van der Waals surface area contributed by atoms with Crippen molar-refractivity contribution in [1.82, 2.24) is 4.90 Å². The minimum absolute atomic E-state index is 0.0733. The lowest BCUT2D eigenvalue weighted by atomic mass is 9.81. The molecule has 1 N–H and O–H groups in total. The first-order valence-electron chi connectivity index (χ1n) is 8.31. The Bertz CT molecular complexity index is 654. The summed E-state index contributed by atoms with van der Waals surface area (Å²) in [5.74, 6) is -0.0733. The van der Waals surface area contributed by atoms with Crippen LogP contribution in [0.4, 0.5) is 10.5 Å². The predicted molar refractivity (Wildman–Crippen MR) is 95.5 cm³/mol. The van der Waals surface area contributed by atoms with E-state index in [9.17, 15) is 9.59 Å². The molecule has 1 aromatic carbocycles. The van der Waals surface area contributed by atoms with Crippen LogP contribution in [0.1, 0.15) is 46.6 Å². The zero-order chi connectivity index (χ0) is 18.1. The molecule has 5 nitrogen and oxygen atoms in total. The molecule has 0 saturated carbocycles. The molecule has 0 radical (unpaired) electrons. The highest BCUT2D eigenvalue weighted by molar-refractivity contribution is 6.31. The highest BCUT2D eigenvalue weighted by atomic mass is 35.5. The summed E-state index contributed by atoms with van der Waals surface area (Å²) in [4.78, 5) is 26.3. The summed E-state index contributed by atoms with van der Waals surface area (Å²) in [5, 5.41) is 3.48. The van der Waals surface area contributed by atoms with E-state index in [0.717, 1.165) is 11.3 Å². The zero-order valence-electron chi connectivity index (χ0n) is 14.9. The van der Waals surface area contributed by atoms with E-state index in [4.69, 9.17) is 16.3 Å². The molecule has 1 atom stereocenters. The molecule has 2 amide bonds. The van der Waals surface area contributed by atoms with Gasteiger partial charge in [-0.1, -0.05) is 25.4 Å². The maximum absolute atomic E-state index is 12.5. The highest BCUT2D eigenvalue weighted by Gasteiger charge is 2.52. The van der Waals surface area contributed by atoms with E-state index in [0.29, 0.717) is 24.5 Å². The van der Waals surface area contributed by atoms with Crippen LogP contribution in [0.3, 0.4) is 0 Å². The third-order valence-corrected chi connectivity index (χ3v) is 4.34. The second-order valence-corrected chi connectivity index (χ2v) is 7.31. The summed E-state index contributed by atoms with van der Waals surface area (Å²) in [5.41, 5.74) is 0.389.